The standard InChI is InChI=1S/C18H18N2O2S/c19-12-14-3-7-16(8-4-14)18-2-1-11-20(18)17-9-5-15(6-10-17)13-23(21)22/h1-11H,12-13,19H2,(H,21,22). The quantitative estimate of drug-likeness (QED) is 0.707. The molecular weight excluding hydrogens is 308 g/mol. The molecule has 2 aromatic carbocycles. The maximum Gasteiger partial charge on any atom is 0.157 e. The van der Waals surface area contributed by atoms with Gasteiger partial charge in [-0.25, -0.2) is 4.21 Å². The maximum absolute atomic E-state index is 10.9. The minimum absolute atomic E-state index is 0.152. The molecule has 4 nitrogen and oxygen atoms in total. The van der Waals surface area contributed by atoms with Crippen molar-refractivity contribution in [3.8, 4) is 16.9 Å². The van der Waals surface area contributed by atoms with Gasteiger partial charge < -0.3 is 14.9 Å². The summed E-state index contributed by atoms with van der Waals surface area (Å²) in [6.07, 6.45) is 2.01. The van der Waals surface area contributed by atoms with E-state index in [0.717, 1.165) is 28.1 Å². The highest BCUT2D eigenvalue weighted by molar-refractivity contribution is 7.78. The van der Waals surface area contributed by atoms with Crippen LogP contribution in [0.1, 0.15) is 11.1 Å². The van der Waals surface area contributed by atoms with Crippen LogP contribution < -0.4 is 5.73 Å². The van der Waals surface area contributed by atoms with Crippen LogP contribution in [0.5, 0.6) is 0 Å². The highest BCUT2D eigenvalue weighted by Crippen LogP contribution is 2.24. The van der Waals surface area contributed by atoms with Crippen molar-refractivity contribution in [2.45, 2.75) is 12.3 Å². The van der Waals surface area contributed by atoms with Gasteiger partial charge in [0.05, 0.1) is 11.4 Å². The summed E-state index contributed by atoms with van der Waals surface area (Å²) in [4.78, 5) is 0. The third kappa shape index (κ3) is 3.59. The van der Waals surface area contributed by atoms with Crippen molar-refractivity contribution in [3.05, 3.63) is 78.0 Å². The number of benzene rings is 2. The number of nitrogens with zero attached hydrogens (tertiary/aromatic N) is 1. The molecule has 3 N–H and O–H groups in total. The Kier molecular flexibility index (Phi) is 4.71. The molecule has 0 aliphatic carbocycles. The van der Waals surface area contributed by atoms with Crippen LogP contribution in [0.3, 0.4) is 0 Å². The first-order chi connectivity index (χ1) is 11.2. The first-order valence-electron chi connectivity index (χ1n) is 7.31. The van der Waals surface area contributed by atoms with Crippen molar-refractivity contribution >= 4 is 11.1 Å². The molecule has 0 spiro atoms. The number of rotatable bonds is 5. The van der Waals surface area contributed by atoms with Gasteiger partial charge in [-0.2, -0.15) is 0 Å². The van der Waals surface area contributed by atoms with Gasteiger partial charge in [-0.3, -0.25) is 0 Å². The lowest BCUT2D eigenvalue weighted by Crippen LogP contribution is -1.98. The van der Waals surface area contributed by atoms with E-state index in [-0.39, 0.29) is 5.75 Å². The number of aromatic nitrogens is 1. The zero-order chi connectivity index (χ0) is 16.2. The second-order valence-electron chi connectivity index (χ2n) is 5.30. The van der Waals surface area contributed by atoms with Crippen molar-refractivity contribution in [2.24, 2.45) is 5.73 Å². The normalized spacial score (nSPS) is 12.3. The summed E-state index contributed by atoms with van der Waals surface area (Å²) in [6.45, 7) is 0.537. The van der Waals surface area contributed by atoms with E-state index in [1.54, 1.807) is 0 Å². The highest BCUT2D eigenvalue weighted by atomic mass is 32.2. The van der Waals surface area contributed by atoms with Gasteiger partial charge in [-0.05, 0) is 41.0 Å². The van der Waals surface area contributed by atoms with Gasteiger partial charge in [0.1, 0.15) is 0 Å². The molecule has 5 heteroatoms. The van der Waals surface area contributed by atoms with Gasteiger partial charge in [0.2, 0.25) is 0 Å². The molecule has 1 unspecified atom stereocenters. The Morgan fingerprint density at radius 2 is 1.61 bits per heavy atom. The van der Waals surface area contributed by atoms with Gasteiger partial charge in [0, 0.05) is 18.4 Å². The van der Waals surface area contributed by atoms with E-state index in [1.807, 2.05) is 48.7 Å². The van der Waals surface area contributed by atoms with Crippen LogP contribution in [0.25, 0.3) is 16.9 Å². The molecule has 1 atom stereocenters. The average Bonchev–Trinajstić information content (AvgIpc) is 3.05. The topological polar surface area (TPSA) is 68.2 Å². The van der Waals surface area contributed by atoms with Gasteiger partial charge in [0.15, 0.2) is 11.1 Å². The molecule has 23 heavy (non-hydrogen) atoms. The van der Waals surface area contributed by atoms with E-state index >= 15 is 0 Å². The summed E-state index contributed by atoms with van der Waals surface area (Å²) >= 11 is -1.81. The monoisotopic (exact) mass is 326 g/mol. The summed E-state index contributed by atoms with van der Waals surface area (Å²) in [5.74, 6) is 0.152. The van der Waals surface area contributed by atoms with E-state index in [9.17, 15) is 4.21 Å². The van der Waals surface area contributed by atoms with Gasteiger partial charge in [-0.15, -0.1) is 0 Å². The zero-order valence-corrected chi connectivity index (χ0v) is 13.4. The van der Waals surface area contributed by atoms with E-state index < -0.39 is 11.1 Å². The first kappa shape index (κ1) is 15.7. The summed E-state index contributed by atoms with van der Waals surface area (Å²) < 4.78 is 21.9. The Balaban J connectivity index is 1.92. The van der Waals surface area contributed by atoms with Crippen LogP contribution in [0.4, 0.5) is 0 Å². The van der Waals surface area contributed by atoms with E-state index in [2.05, 4.69) is 22.8 Å². The lowest BCUT2D eigenvalue weighted by molar-refractivity contribution is 0.563. The van der Waals surface area contributed by atoms with Gasteiger partial charge in [-0.1, -0.05) is 36.4 Å². The Bertz CT molecular complexity index is 808. The van der Waals surface area contributed by atoms with Crippen LogP contribution in [-0.4, -0.2) is 13.3 Å². The van der Waals surface area contributed by atoms with Crippen LogP contribution in [0.2, 0.25) is 0 Å². The number of hydrogen-bond acceptors (Lipinski definition) is 2. The second kappa shape index (κ2) is 6.91. The Hall–Kier alpha value is -2.21. The Labute approximate surface area is 137 Å². The average molecular weight is 326 g/mol. The number of hydrogen-bond donors (Lipinski definition) is 2. The van der Waals surface area contributed by atoms with Crippen molar-refractivity contribution in [2.75, 3.05) is 0 Å². The molecule has 0 amide bonds. The molecule has 1 aromatic heterocycles. The van der Waals surface area contributed by atoms with Crippen molar-refractivity contribution in [3.63, 3.8) is 0 Å². The minimum Gasteiger partial charge on any atom is -0.326 e. The highest BCUT2D eigenvalue weighted by Gasteiger charge is 2.06. The van der Waals surface area contributed by atoms with Gasteiger partial charge in [0.25, 0.3) is 0 Å². The summed E-state index contributed by atoms with van der Waals surface area (Å²) in [5, 5.41) is 0. The SMILES string of the molecule is NCc1ccc(-c2cccn2-c2ccc(CS(=O)O)cc2)cc1. The smallest absolute Gasteiger partial charge is 0.157 e. The molecule has 118 valence electrons. The summed E-state index contributed by atoms with van der Waals surface area (Å²) in [7, 11) is 0. The molecule has 0 fully saturated rings. The fourth-order valence-corrected chi connectivity index (χ4v) is 3.03. The molecule has 0 bridgehead atoms. The van der Waals surface area contributed by atoms with Crippen LogP contribution >= 0.6 is 0 Å². The third-order valence-corrected chi connectivity index (χ3v) is 4.32. The maximum atomic E-state index is 10.9. The van der Waals surface area contributed by atoms with Crippen LogP contribution in [0, 0.1) is 0 Å². The predicted octanol–water partition coefficient (Wildman–Crippen LogP) is 3.32. The predicted molar refractivity (Wildman–Crippen MR) is 93.6 cm³/mol. The molecule has 3 rings (SSSR count). The number of nitrogens with two attached hydrogens (primary N) is 1. The zero-order valence-electron chi connectivity index (χ0n) is 12.6. The lowest BCUT2D eigenvalue weighted by atomic mass is 10.1. The van der Waals surface area contributed by atoms with Crippen molar-refractivity contribution in [1.29, 1.82) is 0 Å². The molecule has 0 radical (unpaired) electrons. The van der Waals surface area contributed by atoms with E-state index in [4.69, 9.17) is 10.3 Å². The van der Waals surface area contributed by atoms with E-state index in [1.165, 1.54) is 0 Å². The molecule has 3 aromatic rings. The van der Waals surface area contributed by atoms with Crippen LogP contribution in [-0.2, 0) is 23.4 Å². The molecule has 0 saturated carbocycles. The van der Waals surface area contributed by atoms with Crippen LogP contribution in [0.15, 0.2) is 66.9 Å². The molecular formula is C18H18N2O2S. The van der Waals surface area contributed by atoms with Crippen molar-refractivity contribution < 1.29 is 8.76 Å². The van der Waals surface area contributed by atoms with Crippen molar-refractivity contribution in [1.82, 2.24) is 4.57 Å². The first-order valence-corrected chi connectivity index (χ1v) is 8.58. The second-order valence-corrected chi connectivity index (χ2v) is 6.23. The molecule has 0 aliphatic heterocycles. The minimum atomic E-state index is -1.81. The fourth-order valence-electron chi connectivity index (χ4n) is 2.55. The summed E-state index contributed by atoms with van der Waals surface area (Å²) in [5.41, 5.74) is 10.8. The Morgan fingerprint density at radius 1 is 0.957 bits per heavy atom. The third-order valence-electron chi connectivity index (χ3n) is 3.74. The largest absolute Gasteiger partial charge is 0.326 e. The molecule has 0 saturated heterocycles. The summed E-state index contributed by atoms with van der Waals surface area (Å²) in [6, 6.07) is 19.9. The lowest BCUT2D eigenvalue weighted by Gasteiger charge is -2.11. The van der Waals surface area contributed by atoms with E-state index in [0.29, 0.717) is 6.54 Å². The Morgan fingerprint density at radius 3 is 2.22 bits per heavy atom. The van der Waals surface area contributed by atoms with Gasteiger partial charge >= 0.3 is 0 Å². The molecule has 1 heterocycles. The fraction of sp³-hybridized carbons (Fsp3) is 0.111. The molecule has 0 aliphatic rings.